The number of carbonyl (C=O) groups excluding carboxylic acids is 1. The van der Waals surface area contributed by atoms with Crippen LogP contribution in [0.15, 0.2) is 64.0 Å². The molecule has 2 heterocycles. The maximum atomic E-state index is 12.5. The third kappa shape index (κ3) is 3.49. The van der Waals surface area contributed by atoms with Gasteiger partial charge in [0.25, 0.3) is 0 Å². The first-order valence-corrected chi connectivity index (χ1v) is 8.84. The van der Waals surface area contributed by atoms with Crippen LogP contribution in [0, 0.1) is 6.92 Å². The van der Waals surface area contributed by atoms with Crippen molar-refractivity contribution in [2.75, 3.05) is 6.61 Å². The molecule has 0 aliphatic carbocycles. The minimum Gasteiger partial charge on any atom is -0.493 e. The fourth-order valence-corrected chi connectivity index (χ4v) is 3.26. The monoisotopic (exact) mass is 361 g/mol. The Hall–Kier alpha value is -3.34. The number of rotatable bonds is 3. The lowest BCUT2D eigenvalue weighted by atomic mass is 9.98. The molecule has 0 saturated heterocycles. The number of fused-ring (bicyclic) bond motifs is 2. The molecule has 5 nitrogen and oxygen atoms in total. The molecule has 0 spiro atoms. The van der Waals surface area contributed by atoms with Crippen LogP contribution in [0.2, 0.25) is 0 Å². The zero-order valence-electron chi connectivity index (χ0n) is 14.9. The third-order valence-corrected chi connectivity index (χ3v) is 4.64. The molecular formula is C22H19NO4. The minimum absolute atomic E-state index is 0.112. The van der Waals surface area contributed by atoms with Crippen LogP contribution in [-0.2, 0) is 4.79 Å². The second-order valence-electron chi connectivity index (χ2n) is 6.59. The van der Waals surface area contributed by atoms with Gasteiger partial charge in [-0.05, 0) is 31.2 Å². The first kappa shape index (κ1) is 17.1. The van der Waals surface area contributed by atoms with Gasteiger partial charge in [0.2, 0.25) is 5.91 Å². The molecule has 1 amide bonds. The largest absolute Gasteiger partial charge is 0.493 e. The van der Waals surface area contributed by atoms with E-state index in [1.807, 2.05) is 31.2 Å². The summed E-state index contributed by atoms with van der Waals surface area (Å²) in [5.74, 6) is 0.540. The lowest BCUT2D eigenvalue weighted by Crippen LogP contribution is -2.31. The zero-order valence-corrected chi connectivity index (χ0v) is 14.9. The topological polar surface area (TPSA) is 68.5 Å². The molecule has 1 aliphatic rings. The van der Waals surface area contributed by atoms with Gasteiger partial charge in [-0.3, -0.25) is 9.59 Å². The SMILES string of the molecule is Cc1ccc2c(c1)C(NC(=O)/C=C/c1coc3ccccc3c1=O)CCO2. The second kappa shape index (κ2) is 7.11. The molecule has 136 valence electrons. The smallest absolute Gasteiger partial charge is 0.244 e. The Kier molecular flexibility index (Phi) is 4.50. The lowest BCUT2D eigenvalue weighted by molar-refractivity contribution is -0.117. The molecule has 0 bridgehead atoms. The standard InChI is InChI=1S/C22H19NO4/c1-14-6-8-20-17(12-14)18(10-11-26-20)23-21(24)9-7-15-13-27-19-5-3-2-4-16(19)22(15)25/h2-9,12-13,18H,10-11H2,1H3,(H,23,24)/b9-7+. The van der Waals surface area contributed by atoms with Gasteiger partial charge in [-0.2, -0.15) is 0 Å². The van der Waals surface area contributed by atoms with Crippen molar-refractivity contribution in [3.8, 4) is 5.75 Å². The van der Waals surface area contributed by atoms with Crippen LogP contribution in [0.1, 0.15) is 29.2 Å². The highest BCUT2D eigenvalue weighted by atomic mass is 16.5. The molecule has 0 fully saturated rings. The van der Waals surface area contributed by atoms with Crippen molar-refractivity contribution < 1.29 is 13.9 Å². The van der Waals surface area contributed by atoms with Crippen molar-refractivity contribution in [2.24, 2.45) is 0 Å². The number of para-hydroxylation sites is 1. The van der Waals surface area contributed by atoms with Gasteiger partial charge in [0.1, 0.15) is 17.6 Å². The molecule has 27 heavy (non-hydrogen) atoms. The van der Waals surface area contributed by atoms with Crippen LogP contribution in [0.25, 0.3) is 17.0 Å². The van der Waals surface area contributed by atoms with E-state index in [2.05, 4.69) is 5.32 Å². The van der Waals surface area contributed by atoms with Gasteiger partial charge < -0.3 is 14.5 Å². The Morgan fingerprint density at radius 3 is 2.96 bits per heavy atom. The maximum absolute atomic E-state index is 12.5. The van der Waals surface area contributed by atoms with E-state index in [9.17, 15) is 9.59 Å². The lowest BCUT2D eigenvalue weighted by Gasteiger charge is -2.26. The second-order valence-corrected chi connectivity index (χ2v) is 6.59. The van der Waals surface area contributed by atoms with Crippen molar-refractivity contribution in [3.63, 3.8) is 0 Å². The summed E-state index contributed by atoms with van der Waals surface area (Å²) < 4.78 is 11.1. The summed E-state index contributed by atoms with van der Waals surface area (Å²) in [5, 5.41) is 3.49. The Labute approximate surface area is 156 Å². The highest BCUT2D eigenvalue weighted by Gasteiger charge is 2.22. The van der Waals surface area contributed by atoms with E-state index in [1.165, 1.54) is 18.4 Å². The summed E-state index contributed by atoms with van der Waals surface area (Å²) in [6, 6.07) is 12.9. The highest BCUT2D eigenvalue weighted by molar-refractivity contribution is 5.92. The first-order chi connectivity index (χ1) is 13.1. The first-order valence-electron chi connectivity index (χ1n) is 8.84. The molecule has 1 N–H and O–H groups in total. The van der Waals surface area contributed by atoms with Crippen LogP contribution in [0.3, 0.4) is 0 Å². The molecule has 3 aromatic rings. The predicted molar refractivity (Wildman–Crippen MR) is 104 cm³/mol. The molecule has 0 saturated carbocycles. The third-order valence-electron chi connectivity index (χ3n) is 4.64. The molecule has 1 aliphatic heterocycles. The number of amides is 1. The van der Waals surface area contributed by atoms with E-state index in [-0.39, 0.29) is 17.4 Å². The zero-order chi connectivity index (χ0) is 18.8. The minimum atomic E-state index is -0.262. The van der Waals surface area contributed by atoms with Crippen molar-refractivity contribution in [3.05, 3.63) is 81.7 Å². The molecule has 2 aromatic carbocycles. The average molecular weight is 361 g/mol. The van der Waals surface area contributed by atoms with Gasteiger partial charge in [-0.15, -0.1) is 0 Å². The van der Waals surface area contributed by atoms with Crippen molar-refractivity contribution >= 4 is 23.0 Å². The normalized spacial score (nSPS) is 16.1. The highest BCUT2D eigenvalue weighted by Crippen LogP contribution is 2.32. The van der Waals surface area contributed by atoms with Crippen LogP contribution >= 0.6 is 0 Å². The number of hydrogen-bond donors (Lipinski definition) is 1. The number of hydrogen-bond acceptors (Lipinski definition) is 4. The average Bonchev–Trinajstić information content (AvgIpc) is 2.68. The number of carbonyl (C=O) groups is 1. The number of ether oxygens (including phenoxy) is 1. The molecule has 5 heteroatoms. The number of nitrogens with one attached hydrogen (secondary N) is 1. The van der Waals surface area contributed by atoms with Gasteiger partial charge >= 0.3 is 0 Å². The Balaban J connectivity index is 1.53. The fourth-order valence-electron chi connectivity index (χ4n) is 3.26. The van der Waals surface area contributed by atoms with E-state index in [1.54, 1.807) is 18.2 Å². The van der Waals surface area contributed by atoms with E-state index in [0.29, 0.717) is 29.6 Å². The summed E-state index contributed by atoms with van der Waals surface area (Å²) in [7, 11) is 0. The molecular weight excluding hydrogens is 342 g/mol. The Bertz CT molecular complexity index is 1100. The van der Waals surface area contributed by atoms with Crippen molar-refractivity contribution in [1.29, 1.82) is 0 Å². The maximum Gasteiger partial charge on any atom is 0.244 e. The predicted octanol–water partition coefficient (Wildman–Crippen LogP) is 3.75. The number of aryl methyl sites for hydroxylation is 1. The van der Waals surface area contributed by atoms with Gasteiger partial charge in [0.15, 0.2) is 5.43 Å². The van der Waals surface area contributed by atoms with E-state index in [4.69, 9.17) is 9.15 Å². The van der Waals surface area contributed by atoms with E-state index >= 15 is 0 Å². The van der Waals surface area contributed by atoms with Gasteiger partial charge in [-0.25, -0.2) is 0 Å². The van der Waals surface area contributed by atoms with Crippen molar-refractivity contribution in [2.45, 2.75) is 19.4 Å². The summed E-state index contributed by atoms with van der Waals surface area (Å²) in [6.45, 7) is 2.56. The van der Waals surface area contributed by atoms with Crippen LogP contribution in [0.4, 0.5) is 0 Å². The van der Waals surface area contributed by atoms with Crippen LogP contribution in [-0.4, -0.2) is 12.5 Å². The molecule has 4 rings (SSSR count). The molecule has 0 radical (unpaired) electrons. The number of benzene rings is 2. The van der Waals surface area contributed by atoms with E-state index < -0.39 is 0 Å². The summed E-state index contributed by atoms with van der Waals surface area (Å²) in [4.78, 5) is 24.9. The van der Waals surface area contributed by atoms with E-state index in [0.717, 1.165) is 16.9 Å². The van der Waals surface area contributed by atoms with Gasteiger partial charge in [0.05, 0.1) is 23.6 Å². The Morgan fingerprint density at radius 1 is 1.22 bits per heavy atom. The quantitative estimate of drug-likeness (QED) is 0.722. The van der Waals surface area contributed by atoms with Gasteiger partial charge in [0, 0.05) is 18.1 Å². The van der Waals surface area contributed by atoms with Crippen LogP contribution in [0.5, 0.6) is 5.75 Å². The summed E-state index contributed by atoms with van der Waals surface area (Å²) in [6.07, 6.45) is 4.94. The van der Waals surface area contributed by atoms with Crippen molar-refractivity contribution in [1.82, 2.24) is 5.32 Å². The molecule has 1 aromatic heterocycles. The fraction of sp³-hybridized carbons (Fsp3) is 0.182. The molecule has 1 unspecified atom stereocenters. The molecule has 1 atom stereocenters. The van der Waals surface area contributed by atoms with Gasteiger partial charge in [-0.1, -0.05) is 29.8 Å². The van der Waals surface area contributed by atoms with Crippen LogP contribution < -0.4 is 15.5 Å². The Morgan fingerprint density at radius 2 is 2.07 bits per heavy atom. The summed E-state index contributed by atoms with van der Waals surface area (Å²) in [5.41, 5.74) is 2.80. The summed E-state index contributed by atoms with van der Waals surface area (Å²) >= 11 is 0.